The van der Waals surface area contributed by atoms with Gasteiger partial charge in [-0.3, -0.25) is 4.98 Å². The molecule has 0 spiro atoms. The van der Waals surface area contributed by atoms with E-state index in [4.69, 9.17) is 4.74 Å². The van der Waals surface area contributed by atoms with Crippen molar-refractivity contribution in [3.8, 4) is 0 Å². The van der Waals surface area contributed by atoms with Gasteiger partial charge in [0.15, 0.2) is 0 Å². The van der Waals surface area contributed by atoms with Crippen molar-refractivity contribution in [2.75, 3.05) is 13.7 Å². The largest absolute Gasteiger partial charge is 0.378 e. The molecule has 3 heteroatoms. The fourth-order valence-electron chi connectivity index (χ4n) is 2.54. The standard InChI is InChI=1S/C14H22N2O/c1-11(13-7-3-4-8-16-13)14(15-2)10-12-6-5-9-17-12/h3-4,7-8,11-12,14-15H,5-6,9-10H2,1-2H3. The Labute approximate surface area is 104 Å². The van der Waals surface area contributed by atoms with Crippen LogP contribution in [0.1, 0.15) is 37.8 Å². The molecule has 94 valence electrons. The van der Waals surface area contributed by atoms with Crippen molar-refractivity contribution in [2.45, 2.75) is 44.2 Å². The average molecular weight is 234 g/mol. The summed E-state index contributed by atoms with van der Waals surface area (Å²) in [6.45, 7) is 3.16. The van der Waals surface area contributed by atoms with E-state index in [0.717, 1.165) is 18.7 Å². The zero-order valence-corrected chi connectivity index (χ0v) is 10.7. The van der Waals surface area contributed by atoms with Gasteiger partial charge < -0.3 is 10.1 Å². The number of hydrogen-bond donors (Lipinski definition) is 1. The van der Waals surface area contributed by atoms with Crippen LogP contribution in [0.4, 0.5) is 0 Å². The van der Waals surface area contributed by atoms with Crippen molar-refractivity contribution in [3.63, 3.8) is 0 Å². The third-order valence-corrected chi connectivity index (χ3v) is 3.67. The summed E-state index contributed by atoms with van der Waals surface area (Å²) < 4.78 is 5.71. The molecule has 2 heterocycles. The van der Waals surface area contributed by atoms with Crippen LogP contribution in [0.5, 0.6) is 0 Å². The molecule has 0 aliphatic carbocycles. The van der Waals surface area contributed by atoms with Gasteiger partial charge in [0.05, 0.1) is 6.10 Å². The second-order valence-corrected chi connectivity index (χ2v) is 4.81. The third kappa shape index (κ3) is 3.27. The second kappa shape index (κ2) is 6.12. The number of likely N-dealkylation sites (N-methyl/N-ethyl adjacent to an activating group) is 1. The average Bonchev–Trinajstić information content (AvgIpc) is 2.89. The van der Waals surface area contributed by atoms with Crippen LogP contribution in [-0.4, -0.2) is 30.8 Å². The number of pyridine rings is 1. The van der Waals surface area contributed by atoms with Gasteiger partial charge in [-0.1, -0.05) is 13.0 Å². The number of nitrogens with one attached hydrogen (secondary N) is 1. The summed E-state index contributed by atoms with van der Waals surface area (Å²) in [6, 6.07) is 6.56. The molecule has 0 aromatic carbocycles. The van der Waals surface area contributed by atoms with Gasteiger partial charge in [0.2, 0.25) is 0 Å². The highest BCUT2D eigenvalue weighted by Crippen LogP contribution is 2.24. The fourth-order valence-corrected chi connectivity index (χ4v) is 2.54. The number of aromatic nitrogens is 1. The molecule has 3 nitrogen and oxygen atoms in total. The molecule has 1 aliphatic rings. The number of ether oxygens (including phenoxy) is 1. The molecular formula is C14H22N2O. The Kier molecular flexibility index (Phi) is 4.51. The lowest BCUT2D eigenvalue weighted by Gasteiger charge is -2.25. The van der Waals surface area contributed by atoms with Gasteiger partial charge in [-0.05, 0) is 38.4 Å². The maximum Gasteiger partial charge on any atom is 0.0591 e. The normalized spacial score (nSPS) is 23.5. The predicted molar refractivity (Wildman–Crippen MR) is 69.1 cm³/mol. The van der Waals surface area contributed by atoms with Gasteiger partial charge in [0.25, 0.3) is 0 Å². The summed E-state index contributed by atoms with van der Waals surface area (Å²) in [5.41, 5.74) is 1.16. The lowest BCUT2D eigenvalue weighted by molar-refractivity contribution is 0.0928. The van der Waals surface area contributed by atoms with Gasteiger partial charge in [0.1, 0.15) is 0 Å². The zero-order valence-electron chi connectivity index (χ0n) is 10.7. The first kappa shape index (κ1) is 12.5. The summed E-state index contributed by atoms with van der Waals surface area (Å²) >= 11 is 0. The molecule has 0 amide bonds. The molecule has 1 aromatic rings. The van der Waals surface area contributed by atoms with Crippen LogP contribution in [0.15, 0.2) is 24.4 Å². The molecule has 1 aromatic heterocycles. The molecule has 17 heavy (non-hydrogen) atoms. The van der Waals surface area contributed by atoms with Crippen molar-refractivity contribution in [1.29, 1.82) is 0 Å². The van der Waals surface area contributed by atoms with E-state index in [1.54, 1.807) is 0 Å². The van der Waals surface area contributed by atoms with E-state index >= 15 is 0 Å². The Morgan fingerprint density at radius 1 is 1.53 bits per heavy atom. The first-order chi connectivity index (χ1) is 8.31. The number of hydrogen-bond acceptors (Lipinski definition) is 3. The molecule has 1 aliphatic heterocycles. The molecule has 0 bridgehead atoms. The van der Waals surface area contributed by atoms with Crippen LogP contribution in [0.25, 0.3) is 0 Å². The van der Waals surface area contributed by atoms with Crippen LogP contribution in [0.3, 0.4) is 0 Å². The van der Waals surface area contributed by atoms with Gasteiger partial charge in [-0.2, -0.15) is 0 Å². The maximum atomic E-state index is 5.71. The van der Waals surface area contributed by atoms with Crippen LogP contribution in [-0.2, 0) is 4.74 Å². The van der Waals surface area contributed by atoms with Crippen molar-refractivity contribution >= 4 is 0 Å². The van der Waals surface area contributed by atoms with Gasteiger partial charge in [-0.25, -0.2) is 0 Å². The first-order valence-corrected chi connectivity index (χ1v) is 6.51. The van der Waals surface area contributed by atoms with Gasteiger partial charge >= 0.3 is 0 Å². The summed E-state index contributed by atoms with van der Waals surface area (Å²) in [7, 11) is 2.03. The highest BCUT2D eigenvalue weighted by molar-refractivity contribution is 5.11. The van der Waals surface area contributed by atoms with E-state index in [9.17, 15) is 0 Å². The molecular weight excluding hydrogens is 212 g/mol. The molecule has 3 unspecified atom stereocenters. The minimum absolute atomic E-state index is 0.422. The minimum Gasteiger partial charge on any atom is -0.378 e. The molecule has 1 N–H and O–H groups in total. The van der Waals surface area contributed by atoms with Crippen LogP contribution < -0.4 is 5.32 Å². The minimum atomic E-state index is 0.422. The van der Waals surface area contributed by atoms with Gasteiger partial charge in [-0.15, -0.1) is 0 Å². The topological polar surface area (TPSA) is 34.1 Å². The lowest BCUT2D eigenvalue weighted by atomic mass is 9.92. The van der Waals surface area contributed by atoms with E-state index in [2.05, 4.69) is 29.4 Å². The molecule has 0 saturated carbocycles. The summed E-state index contributed by atoms with van der Waals surface area (Å²) in [4.78, 5) is 4.44. The SMILES string of the molecule is CNC(CC1CCCO1)C(C)c1ccccn1. The Morgan fingerprint density at radius 2 is 2.41 bits per heavy atom. The molecule has 1 fully saturated rings. The second-order valence-electron chi connectivity index (χ2n) is 4.81. The highest BCUT2D eigenvalue weighted by Gasteiger charge is 2.24. The van der Waals surface area contributed by atoms with Crippen LogP contribution in [0, 0.1) is 0 Å². The molecule has 2 rings (SSSR count). The van der Waals surface area contributed by atoms with E-state index in [0.29, 0.717) is 18.1 Å². The Hall–Kier alpha value is -0.930. The summed E-state index contributed by atoms with van der Waals surface area (Å²) in [5, 5.41) is 3.41. The van der Waals surface area contributed by atoms with E-state index < -0.39 is 0 Å². The fraction of sp³-hybridized carbons (Fsp3) is 0.643. The lowest BCUT2D eigenvalue weighted by Crippen LogP contribution is -2.34. The monoisotopic (exact) mass is 234 g/mol. The van der Waals surface area contributed by atoms with E-state index in [1.807, 2.05) is 19.3 Å². The molecule has 1 saturated heterocycles. The highest BCUT2D eigenvalue weighted by atomic mass is 16.5. The number of rotatable bonds is 5. The molecule has 3 atom stereocenters. The van der Waals surface area contributed by atoms with Crippen molar-refractivity contribution in [2.24, 2.45) is 0 Å². The smallest absolute Gasteiger partial charge is 0.0591 e. The Bertz CT molecular complexity index is 322. The predicted octanol–water partition coefficient (Wildman–Crippen LogP) is 2.34. The summed E-state index contributed by atoms with van der Waals surface area (Å²) in [6.07, 6.45) is 5.78. The van der Waals surface area contributed by atoms with E-state index in [1.165, 1.54) is 12.8 Å². The Balaban J connectivity index is 1.97. The van der Waals surface area contributed by atoms with Crippen LogP contribution >= 0.6 is 0 Å². The first-order valence-electron chi connectivity index (χ1n) is 6.51. The van der Waals surface area contributed by atoms with Crippen molar-refractivity contribution in [1.82, 2.24) is 10.3 Å². The zero-order chi connectivity index (χ0) is 12.1. The maximum absolute atomic E-state index is 5.71. The van der Waals surface area contributed by atoms with Crippen molar-refractivity contribution < 1.29 is 4.74 Å². The molecule has 0 radical (unpaired) electrons. The van der Waals surface area contributed by atoms with Crippen LogP contribution in [0.2, 0.25) is 0 Å². The summed E-state index contributed by atoms with van der Waals surface area (Å²) in [5.74, 6) is 0.422. The third-order valence-electron chi connectivity index (χ3n) is 3.67. The quantitative estimate of drug-likeness (QED) is 0.849. The number of nitrogens with zero attached hydrogens (tertiary/aromatic N) is 1. The van der Waals surface area contributed by atoms with E-state index in [-0.39, 0.29) is 0 Å². The Morgan fingerprint density at radius 3 is 3.00 bits per heavy atom. The van der Waals surface area contributed by atoms with Gasteiger partial charge in [0, 0.05) is 30.5 Å². The van der Waals surface area contributed by atoms with Crippen molar-refractivity contribution in [3.05, 3.63) is 30.1 Å².